The van der Waals surface area contributed by atoms with Crippen molar-refractivity contribution in [3.05, 3.63) is 24.3 Å². The molecule has 0 bridgehead atoms. The Morgan fingerprint density at radius 3 is 3.15 bits per heavy atom. The predicted octanol–water partition coefficient (Wildman–Crippen LogP) is 2.21. The zero-order valence-corrected chi connectivity index (χ0v) is 7.66. The summed E-state index contributed by atoms with van der Waals surface area (Å²) in [6.07, 6.45) is 8.73. The molecule has 2 nitrogen and oxygen atoms in total. The van der Waals surface area contributed by atoms with Crippen molar-refractivity contribution >= 4 is 5.97 Å². The lowest BCUT2D eigenvalue weighted by molar-refractivity contribution is -0.139. The molecule has 2 atom stereocenters. The molecule has 2 rings (SSSR count). The molecule has 2 aliphatic rings. The van der Waals surface area contributed by atoms with Gasteiger partial charge in [0, 0.05) is 11.5 Å². The Morgan fingerprint density at radius 2 is 2.31 bits per heavy atom. The fraction of sp³-hybridized carbons (Fsp3) is 0.545. The minimum Gasteiger partial charge on any atom is -0.458 e. The number of carbonyl (C=O) groups is 1. The minimum atomic E-state index is -0.207. The van der Waals surface area contributed by atoms with Crippen LogP contribution in [0.1, 0.15) is 25.7 Å². The number of allylic oxidation sites excluding steroid dienone is 1. The van der Waals surface area contributed by atoms with Crippen LogP contribution in [-0.4, -0.2) is 12.1 Å². The summed E-state index contributed by atoms with van der Waals surface area (Å²) in [7, 11) is 0. The predicted molar refractivity (Wildman–Crippen MR) is 50.1 cm³/mol. The third kappa shape index (κ3) is 1.53. The first-order valence-corrected chi connectivity index (χ1v) is 4.85. The van der Waals surface area contributed by atoms with Gasteiger partial charge in [0.25, 0.3) is 0 Å². The van der Waals surface area contributed by atoms with E-state index in [0.717, 1.165) is 19.3 Å². The first-order chi connectivity index (χ1) is 6.29. The third-order valence-electron chi connectivity index (χ3n) is 2.78. The highest BCUT2D eigenvalue weighted by Gasteiger charge is 2.36. The quantitative estimate of drug-likeness (QED) is 0.323. The SMILES string of the molecule is C=C1C(=O)OC2CCCC/C=C\C12. The highest BCUT2D eigenvalue weighted by molar-refractivity contribution is 5.91. The van der Waals surface area contributed by atoms with Gasteiger partial charge in [-0.15, -0.1) is 0 Å². The zero-order valence-electron chi connectivity index (χ0n) is 7.66. The number of hydrogen-bond donors (Lipinski definition) is 0. The Bertz CT molecular complexity index is 265. The lowest BCUT2D eigenvalue weighted by atomic mass is 9.91. The Kier molecular flexibility index (Phi) is 2.21. The van der Waals surface area contributed by atoms with Crippen LogP contribution in [0.15, 0.2) is 24.3 Å². The Morgan fingerprint density at radius 1 is 1.46 bits per heavy atom. The molecule has 1 saturated heterocycles. The van der Waals surface area contributed by atoms with Gasteiger partial charge in [0.2, 0.25) is 0 Å². The van der Waals surface area contributed by atoms with Crippen LogP contribution >= 0.6 is 0 Å². The zero-order chi connectivity index (χ0) is 9.26. The summed E-state index contributed by atoms with van der Waals surface area (Å²) in [6.45, 7) is 3.77. The number of fused-ring (bicyclic) bond motifs is 1. The molecule has 1 aliphatic carbocycles. The van der Waals surface area contributed by atoms with Crippen LogP contribution < -0.4 is 0 Å². The maximum Gasteiger partial charge on any atom is 0.334 e. The van der Waals surface area contributed by atoms with Gasteiger partial charge in [0.1, 0.15) is 6.10 Å². The normalized spacial score (nSPS) is 36.0. The summed E-state index contributed by atoms with van der Waals surface area (Å²) >= 11 is 0. The monoisotopic (exact) mass is 178 g/mol. The molecule has 0 saturated carbocycles. The van der Waals surface area contributed by atoms with Gasteiger partial charge in [0.15, 0.2) is 0 Å². The van der Waals surface area contributed by atoms with Crippen LogP contribution in [0.4, 0.5) is 0 Å². The fourth-order valence-corrected chi connectivity index (χ4v) is 1.98. The van der Waals surface area contributed by atoms with Gasteiger partial charge in [-0.1, -0.05) is 18.7 Å². The molecular formula is C11H14O2. The molecule has 0 aromatic carbocycles. The van der Waals surface area contributed by atoms with E-state index in [1.165, 1.54) is 6.42 Å². The van der Waals surface area contributed by atoms with E-state index in [1.807, 2.05) is 0 Å². The maximum absolute atomic E-state index is 11.2. The van der Waals surface area contributed by atoms with Gasteiger partial charge >= 0.3 is 5.97 Å². The van der Waals surface area contributed by atoms with Gasteiger partial charge in [-0.05, 0) is 25.7 Å². The van der Waals surface area contributed by atoms with E-state index in [2.05, 4.69) is 18.7 Å². The molecule has 0 amide bonds. The minimum absolute atomic E-state index is 0.0662. The molecule has 0 aromatic heterocycles. The molecule has 1 fully saturated rings. The number of carbonyl (C=O) groups excluding carboxylic acids is 1. The summed E-state index contributed by atoms with van der Waals surface area (Å²) in [5.41, 5.74) is 0.628. The molecule has 2 heteroatoms. The Labute approximate surface area is 78.3 Å². The summed E-state index contributed by atoms with van der Waals surface area (Å²) in [5, 5.41) is 0. The Balaban J connectivity index is 2.20. The second kappa shape index (κ2) is 3.36. The summed E-state index contributed by atoms with van der Waals surface area (Å²) in [5.74, 6) is -0.0608. The van der Waals surface area contributed by atoms with E-state index in [1.54, 1.807) is 0 Å². The summed E-state index contributed by atoms with van der Waals surface area (Å²) in [4.78, 5) is 11.2. The standard InChI is InChI=1S/C11H14O2/c1-8-9-6-4-2-3-5-7-10(9)13-11(8)12/h4,6,9-10H,1-3,5,7H2/b6-4-. The lowest BCUT2D eigenvalue weighted by Gasteiger charge is -2.16. The first kappa shape index (κ1) is 8.54. The molecule has 1 heterocycles. The maximum atomic E-state index is 11.2. The Hall–Kier alpha value is -1.05. The van der Waals surface area contributed by atoms with E-state index in [9.17, 15) is 4.79 Å². The topological polar surface area (TPSA) is 26.3 Å². The van der Waals surface area contributed by atoms with Crippen molar-refractivity contribution in [1.82, 2.24) is 0 Å². The molecule has 13 heavy (non-hydrogen) atoms. The van der Waals surface area contributed by atoms with Crippen molar-refractivity contribution in [2.45, 2.75) is 31.8 Å². The largest absolute Gasteiger partial charge is 0.458 e. The van der Waals surface area contributed by atoms with Crippen LogP contribution in [0.2, 0.25) is 0 Å². The number of hydrogen-bond acceptors (Lipinski definition) is 2. The van der Waals surface area contributed by atoms with Crippen LogP contribution in [0.5, 0.6) is 0 Å². The molecule has 0 spiro atoms. The lowest BCUT2D eigenvalue weighted by Crippen LogP contribution is -2.15. The number of rotatable bonds is 0. The van der Waals surface area contributed by atoms with Crippen molar-refractivity contribution in [3.63, 3.8) is 0 Å². The van der Waals surface area contributed by atoms with E-state index < -0.39 is 0 Å². The molecular weight excluding hydrogens is 164 g/mol. The second-order valence-corrected chi connectivity index (χ2v) is 3.71. The smallest absolute Gasteiger partial charge is 0.334 e. The van der Waals surface area contributed by atoms with Crippen LogP contribution in [0.25, 0.3) is 0 Å². The molecule has 0 radical (unpaired) electrons. The molecule has 0 aromatic rings. The molecule has 70 valence electrons. The van der Waals surface area contributed by atoms with E-state index >= 15 is 0 Å². The van der Waals surface area contributed by atoms with Crippen molar-refractivity contribution in [2.75, 3.05) is 0 Å². The van der Waals surface area contributed by atoms with Crippen molar-refractivity contribution < 1.29 is 9.53 Å². The number of esters is 1. The van der Waals surface area contributed by atoms with Crippen molar-refractivity contribution in [1.29, 1.82) is 0 Å². The van der Waals surface area contributed by atoms with Gasteiger partial charge in [0.05, 0.1) is 0 Å². The average molecular weight is 178 g/mol. The van der Waals surface area contributed by atoms with Crippen molar-refractivity contribution in [2.24, 2.45) is 5.92 Å². The molecule has 1 aliphatic heterocycles. The van der Waals surface area contributed by atoms with E-state index in [4.69, 9.17) is 4.74 Å². The molecule has 2 unspecified atom stereocenters. The van der Waals surface area contributed by atoms with Gasteiger partial charge in [-0.25, -0.2) is 4.79 Å². The first-order valence-electron chi connectivity index (χ1n) is 4.85. The van der Waals surface area contributed by atoms with Crippen molar-refractivity contribution in [3.8, 4) is 0 Å². The highest BCUT2D eigenvalue weighted by atomic mass is 16.6. The van der Waals surface area contributed by atoms with Crippen LogP contribution in [-0.2, 0) is 9.53 Å². The number of ether oxygens (including phenoxy) is 1. The van der Waals surface area contributed by atoms with Gasteiger partial charge in [-0.3, -0.25) is 0 Å². The van der Waals surface area contributed by atoms with Gasteiger partial charge in [-0.2, -0.15) is 0 Å². The van der Waals surface area contributed by atoms with E-state index in [-0.39, 0.29) is 18.0 Å². The highest BCUT2D eigenvalue weighted by Crippen LogP contribution is 2.32. The van der Waals surface area contributed by atoms with Gasteiger partial charge < -0.3 is 4.74 Å². The van der Waals surface area contributed by atoms with E-state index in [0.29, 0.717) is 5.57 Å². The average Bonchev–Trinajstić information content (AvgIpc) is 2.31. The molecule has 0 N–H and O–H groups in total. The summed E-state index contributed by atoms with van der Waals surface area (Å²) < 4.78 is 5.22. The second-order valence-electron chi connectivity index (χ2n) is 3.71. The van der Waals surface area contributed by atoms with Crippen LogP contribution in [0, 0.1) is 5.92 Å². The fourth-order valence-electron chi connectivity index (χ4n) is 1.98. The third-order valence-corrected chi connectivity index (χ3v) is 2.78. The van der Waals surface area contributed by atoms with Crippen LogP contribution in [0.3, 0.4) is 0 Å². The summed E-state index contributed by atoms with van der Waals surface area (Å²) in [6, 6.07) is 0.